The highest BCUT2D eigenvalue weighted by molar-refractivity contribution is 7.19. The third-order valence-electron chi connectivity index (χ3n) is 5.51. The molecule has 0 bridgehead atoms. The molecule has 1 aromatic carbocycles. The van der Waals surface area contributed by atoms with E-state index in [2.05, 4.69) is 22.0 Å². The van der Waals surface area contributed by atoms with Gasteiger partial charge in [0.15, 0.2) is 0 Å². The maximum Gasteiger partial charge on any atom is 0.260 e. The van der Waals surface area contributed by atoms with Crippen LogP contribution in [0.4, 0.5) is 0 Å². The van der Waals surface area contributed by atoms with Crippen molar-refractivity contribution in [1.82, 2.24) is 14.9 Å². The Hall–Kier alpha value is -2.06. The molecule has 2 atom stereocenters. The lowest BCUT2D eigenvalue weighted by atomic mass is 9.95. The van der Waals surface area contributed by atoms with Gasteiger partial charge in [0.25, 0.3) is 5.56 Å². The second-order valence-corrected chi connectivity index (χ2v) is 8.83. The minimum absolute atomic E-state index is 0.0370. The third kappa shape index (κ3) is 3.63. The van der Waals surface area contributed by atoms with Crippen LogP contribution in [0.3, 0.4) is 0 Å². The Labute approximate surface area is 167 Å². The topological polar surface area (TPSA) is 89.4 Å². The Balaban J connectivity index is 1.66. The fraction of sp³-hybridized carbons (Fsp3) is 0.429. The Bertz CT molecular complexity index is 1040. The molecule has 1 aliphatic heterocycles. The monoisotopic (exact) mass is 399 g/mol. The molecule has 2 unspecified atom stereocenters. The zero-order valence-electron chi connectivity index (χ0n) is 16.1. The number of hydrogen-bond donors (Lipinski definition) is 3. The summed E-state index contributed by atoms with van der Waals surface area (Å²) in [4.78, 5) is 24.5. The van der Waals surface area contributed by atoms with Crippen molar-refractivity contribution >= 4 is 21.6 Å². The number of benzene rings is 1. The molecule has 0 radical (unpaired) electrons. The van der Waals surface area contributed by atoms with Crippen LogP contribution < -0.4 is 5.56 Å². The molecule has 0 saturated carbocycles. The molecule has 4 rings (SSSR count). The number of piperidine rings is 1. The second kappa shape index (κ2) is 7.75. The maximum absolute atomic E-state index is 12.9. The highest BCUT2D eigenvalue weighted by Crippen LogP contribution is 2.35. The van der Waals surface area contributed by atoms with E-state index in [1.165, 1.54) is 5.56 Å². The number of aromatic amines is 1. The van der Waals surface area contributed by atoms with E-state index in [9.17, 15) is 15.0 Å². The Morgan fingerprint density at radius 3 is 2.75 bits per heavy atom. The fourth-order valence-electron chi connectivity index (χ4n) is 3.94. The first-order valence-corrected chi connectivity index (χ1v) is 10.4. The van der Waals surface area contributed by atoms with Crippen LogP contribution in [0.2, 0.25) is 0 Å². The summed E-state index contributed by atoms with van der Waals surface area (Å²) >= 11 is 1.54. The molecule has 0 amide bonds. The van der Waals surface area contributed by atoms with Crippen molar-refractivity contribution in [1.29, 1.82) is 0 Å². The van der Waals surface area contributed by atoms with E-state index >= 15 is 0 Å². The predicted molar refractivity (Wildman–Crippen MR) is 112 cm³/mol. The van der Waals surface area contributed by atoms with Crippen LogP contribution in [-0.2, 0) is 6.54 Å². The first-order chi connectivity index (χ1) is 13.5. The molecule has 3 heterocycles. The van der Waals surface area contributed by atoms with E-state index in [-0.39, 0.29) is 18.1 Å². The minimum atomic E-state index is -0.465. The Morgan fingerprint density at radius 1 is 1.29 bits per heavy atom. The number of fused-ring (bicyclic) bond motifs is 1. The number of nitrogens with zero attached hydrogens (tertiary/aromatic N) is 2. The van der Waals surface area contributed by atoms with Gasteiger partial charge in [0.05, 0.1) is 18.0 Å². The van der Waals surface area contributed by atoms with Crippen molar-refractivity contribution in [2.24, 2.45) is 5.92 Å². The molecule has 1 aliphatic rings. The van der Waals surface area contributed by atoms with E-state index in [4.69, 9.17) is 4.98 Å². The quantitative estimate of drug-likeness (QED) is 0.627. The van der Waals surface area contributed by atoms with E-state index in [1.807, 2.05) is 26.0 Å². The first-order valence-electron chi connectivity index (χ1n) is 9.57. The third-order valence-corrected chi connectivity index (χ3v) is 6.51. The van der Waals surface area contributed by atoms with Crippen LogP contribution >= 0.6 is 11.3 Å². The van der Waals surface area contributed by atoms with Crippen molar-refractivity contribution in [3.8, 4) is 11.1 Å². The molecule has 0 aliphatic carbocycles. The van der Waals surface area contributed by atoms with Gasteiger partial charge < -0.3 is 15.2 Å². The summed E-state index contributed by atoms with van der Waals surface area (Å²) in [6.07, 6.45) is 0.153. The summed E-state index contributed by atoms with van der Waals surface area (Å²) in [5, 5.41) is 20.0. The van der Waals surface area contributed by atoms with Gasteiger partial charge in [-0.05, 0) is 25.8 Å². The van der Waals surface area contributed by atoms with Gasteiger partial charge in [-0.15, -0.1) is 11.3 Å². The number of thiophene rings is 1. The van der Waals surface area contributed by atoms with Crippen molar-refractivity contribution in [3.63, 3.8) is 0 Å². The van der Waals surface area contributed by atoms with Crippen LogP contribution in [0, 0.1) is 19.8 Å². The van der Waals surface area contributed by atoms with E-state index in [0.29, 0.717) is 30.7 Å². The number of H-pyrrole nitrogens is 1. The molecule has 28 heavy (non-hydrogen) atoms. The summed E-state index contributed by atoms with van der Waals surface area (Å²) < 4.78 is 0. The number of hydrogen-bond acceptors (Lipinski definition) is 6. The summed E-state index contributed by atoms with van der Waals surface area (Å²) in [5.41, 5.74) is 3.06. The molecular weight excluding hydrogens is 374 g/mol. The molecule has 0 spiro atoms. The molecule has 7 heteroatoms. The largest absolute Gasteiger partial charge is 0.396 e. The van der Waals surface area contributed by atoms with Crippen LogP contribution in [0.1, 0.15) is 22.7 Å². The Kier molecular flexibility index (Phi) is 5.33. The second-order valence-electron chi connectivity index (χ2n) is 7.63. The first kappa shape index (κ1) is 19.3. The van der Waals surface area contributed by atoms with Gasteiger partial charge in [-0.3, -0.25) is 9.69 Å². The van der Waals surface area contributed by atoms with E-state index in [0.717, 1.165) is 27.4 Å². The number of aliphatic hydroxyl groups excluding tert-OH is 2. The number of likely N-dealkylation sites (tertiary alicyclic amines) is 1. The normalized spacial score (nSPS) is 20.7. The zero-order valence-corrected chi connectivity index (χ0v) is 16.9. The predicted octanol–water partition coefficient (Wildman–Crippen LogP) is 2.44. The SMILES string of the molecule is Cc1ccc(-c2c(C)sc3nc(CN4CCC(O)C(CO)C4)[nH]c(=O)c23)cc1. The smallest absolute Gasteiger partial charge is 0.260 e. The number of rotatable bonds is 4. The summed E-state index contributed by atoms with van der Waals surface area (Å²) in [7, 11) is 0. The number of aliphatic hydroxyl groups is 2. The van der Waals surface area contributed by atoms with Crippen LogP contribution in [-0.4, -0.2) is 50.9 Å². The Morgan fingerprint density at radius 2 is 2.04 bits per heavy atom. The molecule has 2 aromatic heterocycles. The van der Waals surface area contributed by atoms with Crippen molar-refractivity contribution in [2.45, 2.75) is 32.9 Å². The van der Waals surface area contributed by atoms with E-state index in [1.54, 1.807) is 11.3 Å². The van der Waals surface area contributed by atoms with Gasteiger partial charge in [0, 0.05) is 36.1 Å². The molecule has 3 N–H and O–H groups in total. The number of aromatic nitrogens is 2. The van der Waals surface area contributed by atoms with Crippen molar-refractivity contribution in [3.05, 3.63) is 50.9 Å². The standard InChI is InChI=1S/C21H25N3O3S/c1-12-3-5-14(6-4-12)18-13(2)28-21-19(18)20(27)22-17(23-21)10-24-8-7-16(26)15(9-24)11-25/h3-6,15-16,25-26H,7-11H2,1-2H3,(H,22,23,27). The zero-order chi connectivity index (χ0) is 19.8. The van der Waals surface area contributed by atoms with Gasteiger partial charge in [-0.2, -0.15) is 0 Å². The van der Waals surface area contributed by atoms with Gasteiger partial charge in [0.2, 0.25) is 0 Å². The van der Waals surface area contributed by atoms with Crippen LogP contribution in [0.15, 0.2) is 29.1 Å². The molecule has 3 aromatic rings. The van der Waals surface area contributed by atoms with Crippen molar-refractivity contribution in [2.75, 3.05) is 19.7 Å². The average molecular weight is 400 g/mol. The molecular formula is C21H25N3O3S. The van der Waals surface area contributed by atoms with Gasteiger partial charge in [-0.1, -0.05) is 29.8 Å². The van der Waals surface area contributed by atoms with Gasteiger partial charge >= 0.3 is 0 Å². The minimum Gasteiger partial charge on any atom is -0.396 e. The van der Waals surface area contributed by atoms with Gasteiger partial charge in [0.1, 0.15) is 10.7 Å². The lowest BCUT2D eigenvalue weighted by molar-refractivity contribution is -0.00271. The lowest BCUT2D eigenvalue weighted by Crippen LogP contribution is -2.44. The molecule has 1 saturated heterocycles. The van der Waals surface area contributed by atoms with Gasteiger partial charge in [-0.25, -0.2) is 4.98 Å². The summed E-state index contributed by atoms with van der Waals surface area (Å²) in [6, 6.07) is 8.20. The molecule has 1 fully saturated rings. The lowest BCUT2D eigenvalue weighted by Gasteiger charge is -2.34. The van der Waals surface area contributed by atoms with E-state index < -0.39 is 6.10 Å². The highest BCUT2D eigenvalue weighted by atomic mass is 32.1. The highest BCUT2D eigenvalue weighted by Gasteiger charge is 2.27. The van der Waals surface area contributed by atoms with Crippen LogP contribution in [0.5, 0.6) is 0 Å². The number of aryl methyl sites for hydroxylation is 2. The van der Waals surface area contributed by atoms with Crippen LogP contribution in [0.25, 0.3) is 21.3 Å². The van der Waals surface area contributed by atoms with Crippen molar-refractivity contribution < 1.29 is 10.2 Å². The fourth-order valence-corrected chi connectivity index (χ4v) is 5.00. The maximum atomic E-state index is 12.9. The summed E-state index contributed by atoms with van der Waals surface area (Å²) in [6.45, 7) is 5.85. The summed E-state index contributed by atoms with van der Waals surface area (Å²) in [5.74, 6) is 0.476. The molecule has 6 nitrogen and oxygen atoms in total. The molecule has 148 valence electrons. The number of nitrogens with one attached hydrogen (secondary N) is 1. The average Bonchev–Trinajstić information content (AvgIpc) is 3.00.